The highest BCUT2D eigenvalue weighted by Gasteiger charge is 2.19. The van der Waals surface area contributed by atoms with E-state index >= 15 is 0 Å². The smallest absolute Gasteiger partial charge is 0.314 e. The number of hydrogen-bond acceptors (Lipinski definition) is 2. The number of rotatable bonds is 3. The number of nitrogens with zero attached hydrogens (tertiary/aromatic N) is 2. The van der Waals surface area contributed by atoms with Crippen molar-refractivity contribution in [1.29, 1.82) is 0 Å². The molecule has 2 aromatic rings. The predicted molar refractivity (Wildman–Crippen MR) is 103 cm³/mol. The Labute approximate surface area is 153 Å². The fourth-order valence-electron chi connectivity index (χ4n) is 3.08. The lowest BCUT2D eigenvalue weighted by atomic mass is 10.0. The van der Waals surface area contributed by atoms with Crippen LogP contribution in [0.15, 0.2) is 60.7 Å². The molecule has 0 aliphatic carbocycles. The first-order chi connectivity index (χ1) is 12.6. The molecular weight excluding hydrogens is 326 g/mol. The van der Waals surface area contributed by atoms with Crippen LogP contribution in [0.1, 0.15) is 12.0 Å². The van der Waals surface area contributed by atoms with Gasteiger partial charge in [0.1, 0.15) is 0 Å². The van der Waals surface area contributed by atoms with Crippen LogP contribution in [0.3, 0.4) is 0 Å². The maximum Gasteiger partial charge on any atom is 0.314 e. The Balaban J connectivity index is 1.66. The molecule has 0 atom stereocenters. The van der Waals surface area contributed by atoms with E-state index in [2.05, 4.69) is 24.3 Å². The van der Waals surface area contributed by atoms with Gasteiger partial charge in [0.2, 0.25) is 5.91 Å². The van der Waals surface area contributed by atoms with Gasteiger partial charge in [0.15, 0.2) is 0 Å². The second kappa shape index (κ2) is 8.34. The highest BCUT2D eigenvalue weighted by atomic mass is 16.2. The molecule has 3 amide bonds. The molecule has 1 aliphatic rings. The number of primary amides is 1. The van der Waals surface area contributed by atoms with Gasteiger partial charge in [0, 0.05) is 32.3 Å². The standard InChI is InChI=1S/C21H23N3O2/c22-21(26)24-13-5-12-23(14-15-24)20(25)11-10-17-6-4-9-19(16-17)18-7-2-1-3-8-18/h1-4,6-11,16H,5,12-15H2,(H2,22,26). The summed E-state index contributed by atoms with van der Waals surface area (Å²) in [6.45, 7) is 2.23. The number of nitrogens with two attached hydrogens (primary N) is 1. The SMILES string of the molecule is NC(=O)N1CCCN(C(=O)C=Cc2cccc(-c3ccccc3)c2)CC1. The quantitative estimate of drug-likeness (QED) is 0.866. The van der Waals surface area contributed by atoms with E-state index in [0.717, 1.165) is 23.1 Å². The van der Waals surface area contributed by atoms with Crippen LogP contribution in [0.25, 0.3) is 17.2 Å². The number of benzene rings is 2. The minimum absolute atomic E-state index is 0.0403. The fraction of sp³-hybridized carbons (Fsp3) is 0.238. The zero-order chi connectivity index (χ0) is 18.4. The summed E-state index contributed by atoms with van der Waals surface area (Å²) < 4.78 is 0. The van der Waals surface area contributed by atoms with Crippen LogP contribution in [0.5, 0.6) is 0 Å². The van der Waals surface area contributed by atoms with Crippen LogP contribution in [-0.2, 0) is 4.79 Å². The zero-order valence-corrected chi connectivity index (χ0v) is 14.7. The molecule has 0 unspecified atom stereocenters. The van der Waals surface area contributed by atoms with Crippen LogP contribution in [0, 0.1) is 0 Å². The first kappa shape index (κ1) is 17.7. The van der Waals surface area contributed by atoms with Gasteiger partial charge in [-0.3, -0.25) is 4.79 Å². The van der Waals surface area contributed by atoms with E-state index in [1.807, 2.05) is 36.4 Å². The Kier molecular flexibility index (Phi) is 5.69. The van der Waals surface area contributed by atoms with Gasteiger partial charge in [0.25, 0.3) is 0 Å². The Hall–Kier alpha value is -3.08. The molecule has 1 heterocycles. The molecule has 0 aromatic heterocycles. The third kappa shape index (κ3) is 4.51. The van der Waals surface area contributed by atoms with Crippen molar-refractivity contribution in [3.63, 3.8) is 0 Å². The number of amides is 3. The third-order valence-corrected chi connectivity index (χ3v) is 4.53. The summed E-state index contributed by atoms with van der Waals surface area (Å²) in [5.41, 5.74) is 8.57. The summed E-state index contributed by atoms with van der Waals surface area (Å²) >= 11 is 0. The summed E-state index contributed by atoms with van der Waals surface area (Å²) in [5.74, 6) is -0.0403. The highest BCUT2D eigenvalue weighted by Crippen LogP contribution is 2.20. The summed E-state index contributed by atoms with van der Waals surface area (Å²) in [4.78, 5) is 27.1. The fourth-order valence-corrected chi connectivity index (χ4v) is 3.08. The van der Waals surface area contributed by atoms with Gasteiger partial charge in [0.05, 0.1) is 0 Å². The molecule has 0 saturated carbocycles. The van der Waals surface area contributed by atoms with Crippen molar-refractivity contribution in [2.75, 3.05) is 26.2 Å². The van der Waals surface area contributed by atoms with E-state index in [1.54, 1.807) is 15.9 Å². The van der Waals surface area contributed by atoms with Gasteiger partial charge >= 0.3 is 6.03 Å². The molecule has 5 nitrogen and oxygen atoms in total. The predicted octanol–water partition coefficient (Wildman–Crippen LogP) is 2.98. The number of urea groups is 1. The summed E-state index contributed by atoms with van der Waals surface area (Å²) in [6, 6.07) is 17.8. The van der Waals surface area contributed by atoms with E-state index in [1.165, 1.54) is 0 Å². The van der Waals surface area contributed by atoms with E-state index in [-0.39, 0.29) is 5.91 Å². The average molecular weight is 349 g/mol. The molecule has 2 N–H and O–H groups in total. The monoisotopic (exact) mass is 349 g/mol. The maximum absolute atomic E-state index is 12.5. The molecular formula is C21H23N3O2. The molecule has 1 fully saturated rings. The van der Waals surface area contributed by atoms with Crippen molar-refractivity contribution in [3.05, 3.63) is 66.2 Å². The lowest BCUT2D eigenvalue weighted by Crippen LogP contribution is -2.39. The zero-order valence-electron chi connectivity index (χ0n) is 14.7. The summed E-state index contributed by atoms with van der Waals surface area (Å²) in [5, 5.41) is 0. The van der Waals surface area contributed by atoms with Gasteiger partial charge in [-0.25, -0.2) is 4.79 Å². The summed E-state index contributed by atoms with van der Waals surface area (Å²) in [7, 11) is 0. The Morgan fingerprint density at radius 1 is 0.846 bits per heavy atom. The second-order valence-electron chi connectivity index (χ2n) is 6.33. The maximum atomic E-state index is 12.5. The Morgan fingerprint density at radius 3 is 2.31 bits per heavy atom. The average Bonchev–Trinajstić information content (AvgIpc) is 2.93. The van der Waals surface area contributed by atoms with Crippen LogP contribution in [0.4, 0.5) is 4.79 Å². The van der Waals surface area contributed by atoms with Crippen LogP contribution >= 0.6 is 0 Å². The third-order valence-electron chi connectivity index (χ3n) is 4.53. The minimum Gasteiger partial charge on any atom is -0.351 e. The van der Waals surface area contributed by atoms with Crippen molar-refractivity contribution in [3.8, 4) is 11.1 Å². The van der Waals surface area contributed by atoms with Crippen molar-refractivity contribution in [2.45, 2.75) is 6.42 Å². The van der Waals surface area contributed by atoms with E-state index < -0.39 is 6.03 Å². The lowest BCUT2D eigenvalue weighted by Gasteiger charge is -2.19. The summed E-state index contributed by atoms with van der Waals surface area (Å²) in [6.07, 6.45) is 4.18. The molecule has 5 heteroatoms. The van der Waals surface area contributed by atoms with Gasteiger partial charge in [-0.1, -0.05) is 48.5 Å². The number of carbonyl (C=O) groups is 2. The molecule has 26 heavy (non-hydrogen) atoms. The molecule has 1 aliphatic heterocycles. The van der Waals surface area contributed by atoms with Gasteiger partial charge in [-0.15, -0.1) is 0 Å². The highest BCUT2D eigenvalue weighted by molar-refractivity contribution is 5.92. The van der Waals surface area contributed by atoms with Gasteiger partial charge < -0.3 is 15.5 Å². The first-order valence-electron chi connectivity index (χ1n) is 8.80. The molecule has 2 aromatic carbocycles. The largest absolute Gasteiger partial charge is 0.351 e. The molecule has 1 saturated heterocycles. The molecule has 3 rings (SSSR count). The van der Waals surface area contributed by atoms with Crippen LogP contribution in [-0.4, -0.2) is 47.9 Å². The number of hydrogen-bond donors (Lipinski definition) is 1. The molecule has 0 radical (unpaired) electrons. The van der Waals surface area contributed by atoms with Crippen molar-refractivity contribution in [1.82, 2.24) is 9.80 Å². The van der Waals surface area contributed by atoms with E-state index in [0.29, 0.717) is 26.2 Å². The molecule has 0 bridgehead atoms. The van der Waals surface area contributed by atoms with Crippen molar-refractivity contribution < 1.29 is 9.59 Å². The lowest BCUT2D eigenvalue weighted by molar-refractivity contribution is -0.125. The van der Waals surface area contributed by atoms with Crippen LogP contribution < -0.4 is 5.73 Å². The molecule has 134 valence electrons. The topological polar surface area (TPSA) is 66.6 Å². The first-order valence-corrected chi connectivity index (χ1v) is 8.80. The van der Waals surface area contributed by atoms with Crippen molar-refractivity contribution >= 4 is 18.0 Å². The number of carbonyl (C=O) groups excluding carboxylic acids is 2. The Morgan fingerprint density at radius 2 is 1.54 bits per heavy atom. The minimum atomic E-state index is -0.424. The normalized spacial score (nSPS) is 15.1. The second-order valence-corrected chi connectivity index (χ2v) is 6.33. The van der Waals surface area contributed by atoms with Gasteiger partial charge in [-0.2, -0.15) is 0 Å². The van der Waals surface area contributed by atoms with Gasteiger partial charge in [-0.05, 0) is 35.3 Å². The van der Waals surface area contributed by atoms with E-state index in [4.69, 9.17) is 5.73 Å². The Bertz CT molecular complexity index is 802. The van der Waals surface area contributed by atoms with Crippen molar-refractivity contribution in [2.24, 2.45) is 5.73 Å². The molecule has 0 spiro atoms. The van der Waals surface area contributed by atoms with E-state index in [9.17, 15) is 9.59 Å². The van der Waals surface area contributed by atoms with Crippen LogP contribution in [0.2, 0.25) is 0 Å².